The molecule has 0 atom stereocenters. The molecule has 0 radical (unpaired) electrons. The molecule has 1 aromatic rings. The van der Waals surface area contributed by atoms with Crippen molar-refractivity contribution in [2.24, 2.45) is 0 Å². The number of hydrogen-bond acceptors (Lipinski definition) is 1. The summed E-state index contributed by atoms with van der Waals surface area (Å²) in [5, 5.41) is 0. The van der Waals surface area contributed by atoms with Crippen LogP contribution in [0.2, 0.25) is 13.1 Å². The van der Waals surface area contributed by atoms with Gasteiger partial charge in [0.25, 0.3) is 0 Å². The van der Waals surface area contributed by atoms with Crippen LogP contribution in [0.1, 0.15) is 25.3 Å². The molecular weight excluding hydrogens is 268 g/mol. The summed E-state index contributed by atoms with van der Waals surface area (Å²) in [6.07, 6.45) is 3.60. The molecule has 0 aromatic heterocycles. The molecule has 1 nitrogen and oxygen atoms in total. The fraction of sp³-hybridized carbons (Fsp3) is 0.500. The maximum Gasteiger partial charge on any atom is 0.229 e. The van der Waals surface area contributed by atoms with Crippen molar-refractivity contribution in [2.45, 2.75) is 39.3 Å². The maximum absolute atomic E-state index is 5.81. The molecule has 0 saturated carbocycles. The Kier molecular flexibility index (Phi) is 5.40. The Labute approximate surface area is 103 Å². The van der Waals surface area contributed by atoms with Crippen molar-refractivity contribution in [2.75, 3.05) is 0 Å². The van der Waals surface area contributed by atoms with E-state index < -0.39 is 9.04 Å². The molecule has 1 aromatic carbocycles. The fourth-order valence-electron chi connectivity index (χ4n) is 1.46. The summed E-state index contributed by atoms with van der Waals surface area (Å²) in [5.74, 6) is 1.03. The van der Waals surface area contributed by atoms with Crippen LogP contribution in [-0.2, 0) is 6.42 Å². The van der Waals surface area contributed by atoms with E-state index in [0.29, 0.717) is 0 Å². The molecule has 0 N–H and O–H groups in total. The Morgan fingerprint density at radius 2 is 2.07 bits per heavy atom. The van der Waals surface area contributed by atoms with Gasteiger partial charge in [-0.3, -0.25) is 0 Å². The zero-order chi connectivity index (χ0) is 11.3. The van der Waals surface area contributed by atoms with Gasteiger partial charge in [0.05, 0.1) is 0 Å². The normalized spacial score (nSPS) is 10.7. The highest BCUT2D eigenvalue weighted by atomic mass is 79.9. The lowest BCUT2D eigenvalue weighted by molar-refractivity contribution is 0.579. The monoisotopic (exact) mass is 286 g/mol. The fourth-order valence-corrected chi connectivity index (χ4v) is 2.59. The molecular formula is C12H19BrOSi. The molecule has 0 aliphatic carbocycles. The van der Waals surface area contributed by atoms with E-state index in [1.165, 1.54) is 22.9 Å². The van der Waals surface area contributed by atoms with Gasteiger partial charge in [-0.2, -0.15) is 0 Å². The summed E-state index contributed by atoms with van der Waals surface area (Å²) in [4.78, 5) is 0. The van der Waals surface area contributed by atoms with Crippen molar-refractivity contribution in [1.82, 2.24) is 0 Å². The average Bonchev–Trinajstić information content (AvgIpc) is 2.18. The lowest BCUT2D eigenvalue weighted by Crippen LogP contribution is -2.11. The van der Waals surface area contributed by atoms with Crippen LogP contribution in [0.15, 0.2) is 22.7 Å². The van der Waals surface area contributed by atoms with E-state index in [2.05, 4.69) is 48.1 Å². The first-order valence-corrected chi connectivity index (χ1v) is 9.16. The maximum atomic E-state index is 5.81. The highest BCUT2D eigenvalue weighted by molar-refractivity contribution is 9.10. The van der Waals surface area contributed by atoms with E-state index in [1.807, 2.05) is 6.07 Å². The summed E-state index contributed by atoms with van der Waals surface area (Å²) in [6, 6.07) is 6.32. The molecule has 0 saturated heterocycles. The number of hydrogen-bond donors (Lipinski definition) is 0. The lowest BCUT2D eigenvalue weighted by atomic mass is 10.1. The van der Waals surface area contributed by atoms with E-state index in [1.54, 1.807) is 0 Å². The minimum atomic E-state index is -0.976. The molecule has 0 aliphatic heterocycles. The second-order valence-corrected chi connectivity index (χ2v) is 7.21. The molecule has 15 heavy (non-hydrogen) atoms. The smallest absolute Gasteiger partial charge is 0.229 e. The van der Waals surface area contributed by atoms with Gasteiger partial charge in [0.15, 0.2) is 0 Å². The van der Waals surface area contributed by atoms with Gasteiger partial charge in [-0.05, 0) is 49.7 Å². The molecule has 0 unspecified atom stereocenters. The van der Waals surface area contributed by atoms with Gasteiger partial charge in [-0.25, -0.2) is 0 Å². The molecule has 0 heterocycles. The van der Waals surface area contributed by atoms with Crippen LogP contribution >= 0.6 is 15.9 Å². The topological polar surface area (TPSA) is 9.23 Å². The molecule has 0 bridgehead atoms. The number of benzene rings is 1. The van der Waals surface area contributed by atoms with Crippen molar-refractivity contribution < 1.29 is 4.43 Å². The molecule has 3 heteroatoms. The van der Waals surface area contributed by atoms with Gasteiger partial charge >= 0.3 is 0 Å². The van der Waals surface area contributed by atoms with Gasteiger partial charge in [0.1, 0.15) is 5.75 Å². The summed E-state index contributed by atoms with van der Waals surface area (Å²) in [7, 11) is -0.976. The number of unbranched alkanes of at least 4 members (excludes halogenated alkanes) is 1. The first kappa shape index (κ1) is 12.8. The SMILES string of the molecule is CCCCc1cc(O[SiH](C)C)ccc1Br. The highest BCUT2D eigenvalue weighted by Crippen LogP contribution is 2.24. The predicted octanol–water partition coefficient (Wildman–Crippen LogP) is 4.15. The van der Waals surface area contributed by atoms with Crippen LogP contribution in [0.4, 0.5) is 0 Å². The zero-order valence-electron chi connectivity index (χ0n) is 9.72. The average molecular weight is 287 g/mol. The Bertz CT molecular complexity index is 312. The standard InChI is InChI=1S/C12H19BrOSi/c1-4-5-6-10-9-11(14-15(2)3)7-8-12(10)13/h7-9,15H,4-6H2,1-3H3. The van der Waals surface area contributed by atoms with E-state index in [-0.39, 0.29) is 0 Å². The quantitative estimate of drug-likeness (QED) is 0.739. The molecule has 0 fully saturated rings. The Morgan fingerprint density at radius 1 is 1.33 bits per heavy atom. The minimum absolute atomic E-state index is 0.976. The molecule has 0 spiro atoms. The van der Waals surface area contributed by atoms with Crippen LogP contribution in [0.25, 0.3) is 0 Å². The van der Waals surface area contributed by atoms with Gasteiger partial charge < -0.3 is 4.43 Å². The number of halogens is 1. The summed E-state index contributed by atoms with van der Waals surface area (Å²) in [6.45, 7) is 6.59. The predicted molar refractivity (Wildman–Crippen MR) is 72.3 cm³/mol. The Morgan fingerprint density at radius 3 is 2.67 bits per heavy atom. The van der Waals surface area contributed by atoms with Crippen molar-refractivity contribution in [1.29, 1.82) is 0 Å². The summed E-state index contributed by atoms with van der Waals surface area (Å²) >= 11 is 3.58. The summed E-state index contributed by atoms with van der Waals surface area (Å²) in [5.41, 5.74) is 1.36. The summed E-state index contributed by atoms with van der Waals surface area (Å²) < 4.78 is 7.01. The van der Waals surface area contributed by atoms with Crippen molar-refractivity contribution in [3.05, 3.63) is 28.2 Å². The van der Waals surface area contributed by atoms with Crippen LogP contribution < -0.4 is 4.43 Å². The van der Waals surface area contributed by atoms with Crippen LogP contribution in [0, 0.1) is 0 Å². The Hall–Kier alpha value is -0.283. The third-order valence-corrected chi connectivity index (χ3v) is 3.71. The van der Waals surface area contributed by atoms with Gasteiger partial charge in [-0.15, -0.1) is 0 Å². The van der Waals surface area contributed by atoms with Crippen molar-refractivity contribution in [3.63, 3.8) is 0 Å². The molecule has 0 aliphatic rings. The molecule has 84 valence electrons. The van der Waals surface area contributed by atoms with Crippen LogP contribution in [0.3, 0.4) is 0 Å². The van der Waals surface area contributed by atoms with E-state index in [0.717, 1.165) is 12.2 Å². The van der Waals surface area contributed by atoms with E-state index in [4.69, 9.17) is 4.43 Å². The largest absolute Gasteiger partial charge is 0.547 e. The van der Waals surface area contributed by atoms with Gasteiger partial charge in [-0.1, -0.05) is 29.3 Å². The molecule has 1 rings (SSSR count). The lowest BCUT2D eigenvalue weighted by Gasteiger charge is -2.11. The molecule has 0 amide bonds. The highest BCUT2D eigenvalue weighted by Gasteiger charge is 2.04. The second kappa shape index (κ2) is 6.33. The van der Waals surface area contributed by atoms with E-state index >= 15 is 0 Å². The van der Waals surface area contributed by atoms with Gasteiger partial charge in [0.2, 0.25) is 9.04 Å². The number of aryl methyl sites for hydroxylation is 1. The van der Waals surface area contributed by atoms with E-state index in [9.17, 15) is 0 Å². The minimum Gasteiger partial charge on any atom is -0.547 e. The first-order valence-electron chi connectivity index (χ1n) is 5.58. The van der Waals surface area contributed by atoms with Crippen LogP contribution in [0.5, 0.6) is 5.75 Å². The van der Waals surface area contributed by atoms with Crippen molar-refractivity contribution >= 4 is 25.0 Å². The first-order chi connectivity index (χ1) is 7.13. The van der Waals surface area contributed by atoms with Crippen molar-refractivity contribution in [3.8, 4) is 5.75 Å². The zero-order valence-corrected chi connectivity index (χ0v) is 12.5. The third-order valence-electron chi connectivity index (χ3n) is 2.19. The second-order valence-electron chi connectivity index (χ2n) is 4.02. The Balaban J connectivity index is 2.75. The number of rotatable bonds is 5. The van der Waals surface area contributed by atoms with Gasteiger partial charge in [0, 0.05) is 4.47 Å². The van der Waals surface area contributed by atoms with Crippen LogP contribution in [-0.4, -0.2) is 9.04 Å². The third kappa shape index (κ3) is 4.39.